The molecule has 0 amide bonds. The second-order valence-corrected chi connectivity index (χ2v) is 15.8. The summed E-state index contributed by atoms with van der Waals surface area (Å²) in [6.07, 6.45) is 0. The van der Waals surface area contributed by atoms with Gasteiger partial charge in [-0.1, -0.05) is 103 Å². The largest absolute Gasteiger partial charge is 0.309 e. The van der Waals surface area contributed by atoms with E-state index in [0.29, 0.717) is 0 Å². The Morgan fingerprint density at radius 2 is 0.925 bits per heavy atom. The molecule has 0 saturated heterocycles. The lowest BCUT2D eigenvalue weighted by molar-refractivity contribution is 0.676. The number of hydrogen-bond acceptors (Lipinski definition) is 2. The Morgan fingerprint density at radius 3 is 1.58 bits per heavy atom. The van der Waals surface area contributed by atoms with Gasteiger partial charge in [-0.25, -0.2) is 4.21 Å². The highest BCUT2D eigenvalue weighted by Crippen LogP contribution is 2.46. The van der Waals surface area contributed by atoms with Crippen LogP contribution < -0.4 is 0 Å². The van der Waals surface area contributed by atoms with Gasteiger partial charge in [0.15, 0.2) is 0 Å². The van der Waals surface area contributed by atoms with Gasteiger partial charge < -0.3 is 9.13 Å². The summed E-state index contributed by atoms with van der Waals surface area (Å²) >= 11 is 0. The Hall–Kier alpha value is -6.69. The molecule has 1 unspecified atom stereocenters. The number of fused-ring (bicyclic) bond motifs is 9. The molecule has 0 saturated carbocycles. The average molecular weight is 698 g/mol. The first-order valence-electron chi connectivity index (χ1n) is 17.8. The summed E-state index contributed by atoms with van der Waals surface area (Å²) in [6.45, 7) is 0. The summed E-state index contributed by atoms with van der Waals surface area (Å²) in [5, 5.41) is 4.85. The molecular formula is C48H31N3OS. The van der Waals surface area contributed by atoms with Crippen molar-refractivity contribution in [3.63, 3.8) is 0 Å². The lowest BCUT2D eigenvalue weighted by Crippen LogP contribution is -2.08. The first-order chi connectivity index (χ1) is 26.2. The molecule has 4 nitrogen and oxygen atoms in total. The lowest BCUT2D eigenvalue weighted by atomic mass is 10.0. The van der Waals surface area contributed by atoms with Gasteiger partial charge in [0.2, 0.25) is 0 Å². The van der Waals surface area contributed by atoms with E-state index in [1.807, 2.05) is 54.6 Å². The van der Waals surface area contributed by atoms with Crippen LogP contribution in [-0.2, 0) is 9.73 Å². The van der Waals surface area contributed by atoms with E-state index in [0.717, 1.165) is 49.0 Å². The molecule has 0 bridgehead atoms. The van der Waals surface area contributed by atoms with Gasteiger partial charge in [-0.05, 0) is 96.1 Å². The number of hydrogen-bond donors (Lipinski definition) is 0. The van der Waals surface area contributed by atoms with E-state index < -0.39 is 9.73 Å². The Morgan fingerprint density at radius 1 is 0.396 bits per heavy atom. The van der Waals surface area contributed by atoms with Crippen LogP contribution in [0.5, 0.6) is 0 Å². The third-order valence-electron chi connectivity index (χ3n) is 10.7. The van der Waals surface area contributed by atoms with Crippen LogP contribution in [0.2, 0.25) is 0 Å². The molecule has 1 aliphatic heterocycles. The van der Waals surface area contributed by atoms with Crippen LogP contribution in [-0.4, -0.2) is 13.3 Å². The van der Waals surface area contributed by atoms with Gasteiger partial charge in [0.1, 0.15) is 9.73 Å². The molecule has 0 radical (unpaired) electrons. The minimum absolute atomic E-state index is 0.718. The van der Waals surface area contributed by atoms with E-state index in [9.17, 15) is 4.21 Å². The van der Waals surface area contributed by atoms with Crippen LogP contribution in [0.4, 0.5) is 5.69 Å². The van der Waals surface area contributed by atoms with Crippen LogP contribution in [0.3, 0.4) is 0 Å². The fourth-order valence-electron chi connectivity index (χ4n) is 8.30. The van der Waals surface area contributed by atoms with Crippen LogP contribution in [0.1, 0.15) is 0 Å². The first-order valence-corrected chi connectivity index (χ1v) is 19.4. The predicted octanol–water partition coefficient (Wildman–Crippen LogP) is 12.7. The van der Waals surface area contributed by atoms with E-state index >= 15 is 0 Å². The second-order valence-electron chi connectivity index (χ2n) is 13.6. The predicted molar refractivity (Wildman–Crippen MR) is 219 cm³/mol. The fraction of sp³-hybridized carbons (Fsp3) is 0. The van der Waals surface area contributed by atoms with Crippen molar-refractivity contribution in [1.29, 1.82) is 0 Å². The van der Waals surface area contributed by atoms with Crippen molar-refractivity contribution >= 4 is 59.0 Å². The van der Waals surface area contributed by atoms with Crippen molar-refractivity contribution in [3.8, 4) is 33.6 Å². The molecule has 2 aromatic heterocycles. The van der Waals surface area contributed by atoms with E-state index in [2.05, 4.69) is 143 Å². The number of nitrogens with zero attached hydrogens (tertiary/aromatic N) is 3. The van der Waals surface area contributed by atoms with Crippen molar-refractivity contribution in [2.75, 3.05) is 0 Å². The second kappa shape index (κ2) is 11.4. The number of para-hydroxylation sites is 3. The van der Waals surface area contributed by atoms with Crippen molar-refractivity contribution in [2.45, 2.75) is 9.79 Å². The highest BCUT2D eigenvalue weighted by molar-refractivity contribution is 7.94. The van der Waals surface area contributed by atoms with Gasteiger partial charge in [-0.15, -0.1) is 0 Å². The summed E-state index contributed by atoms with van der Waals surface area (Å²) in [4.78, 5) is 1.47. The van der Waals surface area contributed by atoms with E-state index in [1.165, 1.54) is 43.7 Å². The monoisotopic (exact) mass is 697 g/mol. The number of benzene rings is 8. The molecule has 8 aromatic carbocycles. The summed E-state index contributed by atoms with van der Waals surface area (Å²) in [5.41, 5.74) is 11.8. The molecule has 11 rings (SSSR count). The maximum Gasteiger partial charge on any atom is 0.109 e. The Kier molecular flexibility index (Phi) is 6.45. The highest BCUT2D eigenvalue weighted by Gasteiger charge is 2.27. The topological polar surface area (TPSA) is 39.3 Å². The van der Waals surface area contributed by atoms with Gasteiger partial charge in [0.25, 0.3) is 0 Å². The molecule has 0 N–H and O–H groups in total. The summed E-state index contributed by atoms with van der Waals surface area (Å²) in [6, 6.07) is 65.5. The minimum atomic E-state index is -2.88. The van der Waals surface area contributed by atoms with Crippen molar-refractivity contribution in [1.82, 2.24) is 9.13 Å². The number of aromatic nitrogens is 2. The zero-order valence-corrected chi connectivity index (χ0v) is 29.4. The Labute approximate surface area is 307 Å². The van der Waals surface area contributed by atoms with Crippen molar-refractivity contribution in [2.24, 2.45) is 4.36 Å². The molecule has 10 aromatic rings. The zero-order valence-electron chi connectivity index (χ0n) is 28.6. The molecule has 3 heterocycles. The zero-order chi connectivity index (χ0) is 35.1. The van der Waals surface area contributed by atoms with Gasteiger partial charge in [0, 0.05) is 44.0 Å². The molecule has 1 atom stereocenters. The summed E-state index contributed by atoms with van der Waals surface area (Å²) < 4.78 is 24.4. The SMILES string of the molecule is O=S1(c2ccccc2)=Nc2ccccc2-c2cc(-n3c4ccccc4c4cc(-c5ccc6c(c5)c5ccccc5n6-c5ccccc5)ccc43)ccc21. The lowest BCUT2D eigenvalue weighted by Gasteiger charge is -2.23. The molecular weight excluding hydrogens is 667 g/mol. The molecule has 5 heteroatoms. The normalized spacial score (nSPS) is 15.1. The van der Waals surface area contributed by atoms with E-state index in [4.69, 9.17) is 4.36 Å². The molecule has 250 valence electrons. The number of rotatable bonds is 4. The molecule has 0 fully saturated rings. The van der Waals surface area contributed by atoms with Gasteiger partial charge in [-0.2, -0.15) is 4.36 Å². The Bertz CT molecular complexity index is 3220. The van der Waals surface area contributed by atoms with Crippen molar-refractivity contribution < 1.29 is 4.21 Å². The van der Waals surface area contributed by atoms with Crippen molar-refractivity contribution in [3.05, 3.63) is 188 Å². The maximum atomic E-state index is 14.8. The summed E-state index contributed by atoms with van der Waals surface area (Å²) in [7, 11) is -2.88. The quantitative estimate of drug-likeness (QED) is 0.180. The third kappa shape index (κ3) is 4.44. The van der Waals surface area contributed by atoms with Gasteiger partial charge >= 0.3 is 0 Å². The highest BCUT2D eigenvalue weighted by atomic mass is 32.2. The average Bonchev–Trinajstić information content (AvgIpc) is 3.73. The smallest absolute Gasteiger partial charge is 0.109 e. The molecule has 1 aliphatic rings. The maximum absolute atomic E-state index is 14.8. The third-order valence-corrected chi connectivity index (χ3v) is 13.0. The first kappa shape index (κ1) is 30.0. The Balaban J connectivity index is 1.09. The van der Waals surface area contributed by atoms with Crippen LogP contribution in [0.15, 0.2) is 202 Å². The van der Waals surface area contributed by atoms with Crippen LogP contribution >= 0.6 is 0 Å². The van der Waals surface area contributed by atoms with Crippen LogP contribution in [0, 0.1) is 0 Å². The minimum Gasteiger partial charge on any atom is -0.309 e. The molecule has 0 spiro atoms. The molecule has 0 aliphatic carbocycles. The van der Waals surface area contributed by atoms with E-state index in [-0.39, 0.29) is 0 Å². The summed E-state index contributed by atoms with van der Waals surface area (Å²) in [5.74, 6) is 0. The fourth-order valence-corrected chi connectivity index (χ4v) is 10.4. The van der Waals surface area contributed by atoms with Gasteiger partial charge in [0.05, 0.1) is 37.5 Å². The molecule has 53 heavy (non-hydrogen) atoms. The standard InChI is InChI=1S/C48H31N3OS/c52-53(36-15-5-2-6-16-36)48-28-25-35(31-42(48)37-17-7-10-20-43(37)49-53)51-45-22-12-9-19-39(45)41-30-33(24-27-47(41)51)32-23-26-46-40(29-32)38-18-8-11-21-44(38)50(46)34-13-3-1-4-14-34/h1-31H. The van der Waals surface area contributed by atoms with E-state index in [1.54, 1.807) is 0 Å². The van der Waals surface area contributed by atoms with Crippen LogP contribution in [0.25, 0.3) is 77.2 Å². The van der Waals surface area contributed by atoms with Gasteiger partial charge in [-0.3, -0.25) is 0 Å².